The predicted octanol–water partition coefficient (Wildman–Crippen LogP) is 3.26. The highest BCUT2D eigenvalue weighted by molar-refractivity contribution is 6.33. The van der Waals surface area contributed by atoms with Gasteiger partial charge in [-0.2, -0.15) is 5.10 Å². The number of halogens is 1. The number of pyridine rings is 1. The van der Waals surface area contributed by atoms with Crippen LogP contribution in [0.1, 0.15) is 25.3 Å². The van der Waals surface area contributed by atoms with Crippen LogP contribution in [-0.2, 0) is 7.05 Å². The molecule has 16 heavy (non-hydrogen) atoms. The first kappa shape index (κ1) is 11.1. The largest absolute Gasteiger partial charge is 0.275 e. The Balaban J connectivity index is 2.54. The molecule has 2 aromatic heterocycles. The van der Waals surface area contributed by atoms with Gasteiger partial charge in [-0.15, -0.1) is 0 Å². The van der Waals surface area contributed by atoms with Gasteiger partial charge >= 0.3 is 0 Å². The van der Waals surface area contributed by atoms with E-state index >= 15 is 0 Å². The zero-order valence-corrected chi connectivity index (χ0v) is 10.4. The van der Waals surface area contributed by atoms with Crippen LogP contribution in [0.2, 0.25) is 5.02 Å². The highest BCUT2D eigenvalue weighted by atomic mass is 35.5. The first-order valence-electron chi connectivity index (χ1n) is 5.24. The van der Waals surface area contributed by atoms with Crippen molar-refractivity contribution < 1.29 is 0 Å². The molecule has 0 aliphatic rings. The van der Waals surface area contributed by atoms with Crippen LogP contribution >= 0.6 is 11.6 Å². The molecule has 84 valence electrons. The fourth-order valence-corrected chi connectivity index (χ4v) is 2.05. The minimum Gasteiger partial charge on any atom is -0.275 e. The maximum atomic E-state index is 6.34. The molecule has 0 spiro atoms. The monoisotopic (exact) mass is 235 g/mol. The van der Waals surface area contributed by atoms with E-state index in [0.717, 1.165) is 17.0 Å². The summed E-state index contributed by atoms with van der Waals surface area (Å²) in [7, 11) is 1.88. The Morgan fingerprint density at radius 1 is 1.31 bits per heavy atom. The Bertz CT molecular complexity index is 503. The maximum Gasteiger partial charge on any atom is 0.112 e. The van der Waals surface area contributed by atoms with Crippen LogP contribution in [0.3, 0.4) is 0 Å². The Labute approximate surface area is 100 Å². The second-order valence-electron chi connectivity index (χ2n) is 4.09. The lowest BCUT2D eigenvalue weighted by Gasteiger charge is -2.09. The Morgan fingerprint density at radius 2 is 2.06 bits per heavy atom. The molecule has 0 fully saturated rings. The third-order valence-corrected chi connectivity index (χ3v) is 2.89. The van der Waals surface area contributed by atoms with Gasteiger partial charge in [0.05, 0.1) is 5.02 Å². The predicted molar refractivity (Wildman–Crippen MR) is 65.5 cm³/mol. The van der Waals surface area contributed by atoms with Gasteiger partial charge in [-0.05, 0) is 23.6 Å². The number of aromatic nitrogens is 3. The molecule has 0 unspecified atom stereocenters. The molecule has 0 bridgehead atoms. The maximum absolute atomic E-state index is 6.34. The molecule has 4 heteroatoms. The fraction of sp³-hybridized carbons (Fsp3) is 0.333. The molecular formula is C12H14ClN3. The van der Waals surface area contributed by atoms with Gasteiger partial charge in [-0.1, -0.05) is 25.4 Å². The molecule has 0 atom stereocenters. The summed E-state index contributed by atoms with van der Waals surface area (Å²) in [5.74, 6) is 0.387. The number of hydrogen-bond donors (Lipinski definition) is 0. The Kier molecular flexibility index (Phi) is 2.97. The van der Waals surface area contributed by atoms with Crippen LogP contribution in [0, 0.1) is 0 Å². The molecular weight excluding hydrogens is 222 g/mol. The normalized spacial score (nSPS) is 11.1. The minimum atomic E-state index is 0.387. The fourth-order valence-electron chi connectivity index (χ4n) is 1.62. The van der Waals surface area contributed by atoms with Gasteiger partial charge in [0.15, 0.2) is 0 Å². The van der Waals surface area contributed by atoms with Crippen molar-refractivity contribution in [2.75, 3.05) is 0 Å². The lowest BCUT2D eigenvalue weighted by atomic mass is 10.0. The van der Waals surface area contributed by atoms with Crippen LogP contribution in [0.25, 0.3) is 11.4 Å². The summed E-state index contributed by atoms with van der Waals surface area (Å²) in [6, 6.07) is 3.87. The van der Waals surface area contributed by atoms with E-state index in [1.165, 1.54) is 0 Å². The Morgan fingerprint density at radius 3 is 2.62 bits per heavy atom. The molecule has 3 nitrogen and oxygen atoms in total. The molecule has 2 aromatic rings. The molecule has 0 amide bonds. The number of nitrogens with zero attached hydrogens (tertiary/aromatic N) is 3. The van der Waals surface area contributed by atoms with E-state index in [1.54, 1.807) is 10.9 Å². The highest BCUT2D eigenvalue weighted by Crippen LogP contribution is 2.31. The topological polar surface area (TPSA) is 30.7 Å². The van der Waals surface area contributed by atoms with Crippen molar-refractivity contribution in [2.45, 2.75) is 19.8 Å². The third-order valence-electron chi connectivity index (χ3n) is 2.50. The first-order valence-corrected chi connectivity index (χ1v) is 5.62. The van der Waals surface area contributed by atoms with Crippen molar-refractivity contribution in [2.24, 2.45) is 7.05 Å². The summed E-state index contributed by atoms with van der Waals surface area (Å²) in [4.78, 5) is 4.30. The first-order chi connectivity index (χ1) is 7.59. The zero-order chi connectivity index (χ0) is 11.7. The van der Waals surface area contributed by atoms with Crippen molar-refractivity contribution in [3.05, 3.63) is 35.1 Å². The molecule has 0 N–H and O–H groups in total. The number of rotatable bonds is 2. The summed E-state index contributed by atoms with van der Waals surface area (Å²) in [5, 5.41) is 5.02. The Hall–Kier alpha value is -1.35. The van der Waals surface area contributed by atoms with E-state index in [-0.39, 0.29) is 0 Å². The van der Waals surface area contributed by atoms with Crippen LogP contribution in [0.15, 0.2) is 24.5 Å². The quantitative estimate of drug-likeness (QED) is 0.800. The smallest absolute Gasteiger partial charge is 0.112 e. The van der Waals surface area contributed by atoms with Crippen LogP contribution in [0.5, 0.6) is 0 Å². The van der Waals surface area contributed by atoms with Crippen molar-refractivity contribution >= 4 is 11.6 Å². The zero-order valence-electron chi connectivity index (χ0n) is 9.61. The molecule has 2 heterocycles. The average molecular weight is 236 g/mol. The summed E-state index contributed by atoms with van der Waals surface area (Å²) >= 11 is 6.34. The average Bonchev–Trinajstić information content (AvgIpc) is 2.64. The lowest BCUT2D eigenvalue weighted by molar-refractivity contribution is 0.769. The summed E-state index contributed by atoms with van der Waals surface area (Å²) in [6.07, 6.45) is 3.67. The standard InChI is InChI=1S/C12H14ClN3/c1-8(2)9-4-6-14-12(11(9)13)10-5-7-16(3)15-10/h4-8H,1-3H3. The molecule has 0 aliphatic carbocycles. The number of hydrogen-bond acceptors (Lipinski definition) is 2. The van der Waals surface area contributed by atoms with Crippen molar-refractivity contribution in [3.63, 3.8) is 0 Å². The van der Waals surface area contributed by atoms with Crippen molar-refractivity contribution in [3.8, 4) is 11.4 Å². The summed E-state index contributed by atoms with van der Waals surface area (Å²) in [6.45, 7) is 4.23. The van der Waals surface area contributed by atoms with E-state index in [4.69, 9.17) is 11.6 Å². The van der Waals surface area contributed by atoms with Gasteiger partial charge in [0.1, 0.15) is 11.4 Å². The molecule has 0 aliphatic heterocycles. The molecule has 0 radical (unpaired) electrons. The van der Waals surface area contributed by atoms with Crippen LogP contribution in [-0.4, -0.2) is 14.8 Å². The third kappa shape index (κ3) is 1.95. The van der Waals surface area contributed by atoms with Crippen molar-refractivity contribution in [1.29, 1.82) is 0 Å². The van der Waals surface area contributed by atoms with Crippen LogP contribution < -0.4 is 0 Å². The molecule has 2 rings (SSSR count). The SMILES string of the molecule is CC(C)c1ccnc(-c2ccn(C)n2)c1Cl. The van der Waals surface area contributed by atoms with Gasteiger partial charge in [0.25, 0.3) is 0 Å². The second-order valence-corrected chi connectivity index (χ2v) is 4.47. The van der Waals surface area contributed by atoms with E-state index in [1.807, 2.05) is 25.4 Å². The van der Waals surface area contributed by atoms with Gasteiger partial charge < -0.3 is 0 Å². The van der Waals surface area contributed by atoms with E-state index in [2.05, 4.69) is 23.9 Å². The molecule has 0 aromatic carbocycles. The minimum absolute atomic E-state index is 0.387. The van der Waals surface area contributed by atoms with Gasteiger partial charge in [-0.3, -0.25) is 9.67 Å². The molecule has 0 saturated heterocycles. The van der Waals surface area contributed by atoms with Gasteiger partial charge in [0, 0.05) is 19.4 Å². The van der Waals surface area contributed by atoms with E-state index < -0.39 is 0 Å². The summed E-state index contributed by atoms with van der Waals surface area (Å²) in [5.41, 5.74) is 2.68. The highest BCUT2D eigenvalue weighted by Gasteiger charge is 2.13. The van der Waals surface area contributed by atoms with E-state index in [9.17, 15) is 0 Å². The van der Waals surface area contributed by atoms with Gasteiger partial charge in [0.2, 0.25) is 0 Å². The van der Waals surface area contributed by atoms with Crippen molar-refractivity contribution in [1.82, 2.24) is 14.8 Å². The lowest BCUT2D eigenvalue weighted by Crippen LogP contribution is -1.95. The molecule has 0 saturated carbocycles. The summed E-state index contributed by atoms with van der Waals surface area (Å²) < 4.78 is 1.75. The van der Waals surface area contributed by atoms with E-state index in [0.29, 0.717) is 10.9 Å². The van der Waals surface area contributed by atoms with Gasteiger partial charge in [-0.25, -0.2) is 0 Å². The second kappa shape index (κ2) is 4.26. The van der Waals surface area contributed by atoms with Crippen LogP contribution in [0.4, 0.5) is 0 Å². The number of aryl methyl sites for hydroxylation is 1.